The van der Waals surface area contributed by atoms with Gasteiger partial charge in [-0.05, 0) is 93.6 Å². The van der Waals surface area contributed by atoms with Crippen LogP contribution in [0, 0.1) is 18.8 Å². The molecule has 0 atom stereocenters. The zero-order valence-electron chi connectivity index (χ0n) is 48.5. The van der Waals surface area contributed by atoms with Crippen molar-refractivity contribution in [3.05, 3.63) is 167 Å². The zero-order valence-corrected chi connectivity index (χ0v) is 40.8. The molecule has 5 heteroatoms. The third kappa shape index (κ3) is 9.45. The van der Waals surface area contributed by atoms with Crippen molar-refractivity contribution in [1.29, 1.82) is 0 Å². The van der Waals surface area contributed by atoms with Gasteiger partial charge >= 0.3 is 0 Å². The number of benzene rings is 6. The Morgan fingerprint density at radius 2 is 1.38 bits per heavy atom. The summed E-state index contributed by atoms with van der Waals surface area (Å²) in [6, 6.07) is 30.0. The normalized spacial score (nSPS) is 14.6. The molecule has 64 heavy (non-hydrogen) atoms. The van der Waals surface area contributed by atoms with E-state index in [2.05, 4.69) is 107 Å². The van der Waals surface area contributed by atoms with Crippen molar-refractivity contribution in [1.82, 2.24) is 14.5 Å². The molecule has 0 aliphatic heterocycles. The van der Waals surface area contributed by atoms with Crippen LogP contribution < -0.4 is 0 Å². The van der Waals surface area contributed by atoms with Gasteiger partial charge in [-0.15, -0.1) is 29.3 Å². The number of aromatic hydroxyl groups is 1. The molecule has 0 aliphatic carbocycles. The summed E-state index contributed by atoms with van der Waals surface area (Å²) in [6.07, 6.45) is 0.290. The molecule has 0 unspecified atom stereocenters. The first-order valence-corrected chi connectivity index (χ1v) is 21.7. The van der Waals surface area contributed by atoms with Gasteiger partial charge in [0.2, 0.25) is 0 Å². The maximum absolute atomic E-state index is 12.6. The van der Waals surface area contributed by atoms with Crippen LogP contribution in [-0.4, -0.2) is 19.6 Å². The molecule has 4 nitrogen and oxygen atoms in total. The summed E-state index contributed by atoms with van der Waals surface area (Å²) in [5.41, 5.74) is 7.12. The Hall–Kier alpha value is -5.57. The molecule has 0 aliphatic rings. The van der Waals surface area contributed by atoms with Gasteiger partial charge in [-0.3, -0.25) is 9.55 Å². The number of pyridine rings is 1. The van der Waals surface area contributed by atoms with Gasteiger partial charge in [-0.25, -0.2) is 4.98 Å². The molecule has 6 aromatic carbocycles. The topological polar surface area (TPSA) is 50.9 Å². The van der Waals surface area contributed by atoms with Crippen LogP contribution in [-0.2, 0) is 43.7 Å². The molecule has 0 amide bonds. The van der Waals surface area contributed by atoms with Crippen LogP contribution in [0.1, 0.15) is 118 Å². The van der Waals surface area contributed by atoms with Gasteiger partial charge in [0.25, 0.3) is 0 Å². The van der Waals surface area contributed by atoms with Gasteiger partial charge in [0.15, 0.2) is 0 Å². The van der Waals surface area contributed by atoms with Gasteiger partial charge in [0, 0.05) is 48.2 Å². The standard InChI is InChI=1S/C59H62N3O.Pt/c1-37(2)29-39-23-26-52(48(30-39)41-17-14-13-15-18-41)62-53-20-16-19-47(54(53)61-56(62)49-35-46(58(7,8)9)36-50(55(49)63)59(10,11)12)43-31-44(33-45(32-43)57(4,5)6)51-34-42(27-28-60-51)40-24-21-38(3)22-25-40;/h13-28,30,32-37,63H,29H2,1-12H3;/q-1;/i3D3,21D,22D,24D,25D,27D,28D,34D;. The molecular formula is C59H62N3OPt-. The van der Waals surface area contributed by atoms with E-state index in [1.54, 1.807) is 0 Å². The zero-order chi connectivity index (χ0) is 53.6. The summed E-state index contributed by atoms with van der Waals surface area (Å²) in [4.78, 5) is 10.0. The predicted molar refractivity (Wildman–Crippen MR) is 266 cm³/mol. The molecule has 0 saturated heterocycles. The second kappa shape index (κ2) is 17.8. The first-order valence-electron chi connectivity index (χ1n) is 26.7. The first-order chi connectivity index (χ1) is 33.9. The summed E-state index contributed by atoms with van der Waals surface area (Å²) >= 11 is 0. The second-order valence-corrected chi connectivity index (χ2v) is 20.1. The third-order valence-electron chi connectivity index (χ3n) is 11.5. The fourth-order valence-electron chi connectivity index (χ4n) is 8.06. The Kier molecular flexibility index (Phi) is 9.66. The van der Waals surface area contributed by atoms with Crippen LogP contribution in [0.3, 0.4) is 0 Å². The van der Waals surface area contributed by atoms with Crippen LogP contribution in [0.25, 0.3) is 72.7 Å². The van der Waals surface area contributed by atoms with Crippen molar-refractivity contribution < 1.29 is 39.9 Å². The maximum atomic E-state index is 12.6. The number of fused-ring (bicyclic) bond motifs is 1. The quantitative estimate of drug-likeness (QED) is 0.154. The molecule has 8 aromatic rings. The number of hydrogen-bond acceptors (Lipinski definition) is 3. The maximum Gasteiger partial charge on any atom is 0.148 e. The van der Waals surface area contributed by atoms with Crippen molar-refractivity contribution in [2.75, 3.05) is 0 Å². The van der Waals surface area contributed by atoms with Crippen LogP contribution >= 0.6 is 0 Å². The molecule has 2 heterocycles. The largest absolute Gasteiger partial charge is 0.507 e. The number of nitrogens with zero attached hydrogens (tertiary/aromatic N) is 3. The molecule has 8 rings (SSSR count). The number of para-hydroxylation sites is 1. The number of hydrogen-bond donors (Lipinski definition) is 1. The van der Waals surface area contributed by atoms with E-state index in [1.807, 2.05) is 75.4 Å². The fourth-order valence-corrected chi connectivity index (χ4v) is 8.06. The van der Waals surface area contributed by atoms with Crippen LogP contribution in [0.2, 0.25) is 0 Å². The van der Waals surface area contributed by atoms with Gasteiger partial charge in [0.1, 0.15) is 11.6 Å². The van der Waals surface area contributed by atoms with Crippen molar-refractivity contribution >= 4 is 11.0 Å². The molecule has 0 saturated carbocycles. The van der Waals surface area contributed by atoms with E-state index in [-0.39, 0.29) is 49.1 Å². The second-order valence-electron chi connectivity index (χ2n) is 20.1. The third-order valence-corrected chi connectivity index (χ3v) is 11.5. The van der Waals surface area contributed by atoms with E-state index < -0.39 is 71.2 Å². The summed E-state index contributed by atoms with van der Waals surface area (Å²) in [7, 11) is 0. The minimum atomic E-state index is -2.97. The fraction of sp³-hybridized carbons (Fsp3) is 0.288. The molecule has 0 fully saturated rings. The van der Waals surface area contributed by atoms with Crippen molar-refractivity contribution in [2.45, 2.75) is 106 Å². The number of rotatable bonds is 8. The van der Waals surface area contributed by atoms with E-state index in [0.717, 1.165) is 45.4 Å². The molecule has 2 aromatic heterocycles. The van der Waals surface area contributed by atoms with Crippen molar-refractivity contribution in [2.24, 2.45) is 5.92 Å². The number of aromatic nitrogens is 3. The van der Waals surface area contributed by atoms with Gasteiger partial charge in [-0.2, -0.15) is 0 Å². The van der Waals surface area contributed by atoms with Gasteiger partial charge < -0.3 is 5.11 Å². The summed E-state index contributed by atoms with van der Waals surface area (Å²) in [5.74, 6) is 1.06. The van der Waals surface area contributed by atoms with E-state index >= 15 is 0 Å². The van der Waals surface area contributed by atoms with E-state index in [0.29, 0.717) is 33.9 Å². The Morgan fingerprint density at radius 3 is 2.03 bits per heavy atom. The van der Waals surface area contributed by atoms with E-state index in [4.69, 9.17) is 17.3 Å². The van der Waals surface area contributed by atoms with E-state index in [1.165, 1.54) is 5.56 Å². The van der Waals surface area contributed by atoms with E-state index in [9.17, 15) is 6.48 Å². The molecule has 0 bridgehead atoms. The number of phenolic OH excluding ortho intramolecular Hbond substituents is 1. The predicted octanol–water partition coefficient (Wildman–Crippen LogP) is 15.7. The minimum Gasteiger partial charge on any atom is -0.507 e. The number of imidazole rings is 1. The van der Waals surface area contributed by atoms with Crippen LogP contribution in [0.15, 0.2) is 133 Å². The minimum absolute atomic E-state index is 0. The monoisotopic (exact) mass is 1030 g/mol. The van der Waals surface area contributed by atoms with Crippen LogP contribution in [0.4, 0.5) is 0 Å². The van der Waals surface area contributed by atoms with Crippen LogP contribution in [0.5, 0.6) is 5.75 Å². The molecule has 1 N–H and O–H groups in total. The molecule has 330 valence electrons. The van der Waals surface area contributed by atoms with Gasteiger partial charge in [-0.1, -0.05) is 178 Å². The first kappa shape index (κ1) is 34.8. The average Bonchev–Trinajstić information content (AvgIpc) is 3.68. The average molecular weight is 1030 g/mol. The SMILES string of the molecule is [2H]c1nc(-c2[c-]c(-c3cccc4c3nc(-c3cc(C(C)(C)C)cc(C(C)(C)C)c3O)n4-c3ccc(CC(C)C)cc3-c3ccccc3)cc(C(C)(C)C)c2)c([2H])c(-c2c([2H])c([2H])c(C([2H])([2H])[2H])c([2H])c2[2H])c1[2H].[Pt]. The van der Waals surface area contributed by atoms with Crippen molar-refractivity contribution in [3.8, 4) is 67.5 Å². The Bertz CT molecular complexity index is 3460. The number of phenols is 1. The summed E-state index contributed by atoms with van der Waals surface area (Å²) in [6.45, 7) is 20.3. The smallest absolute Gasteiger partial charge is 0.148 e. The summed E-state index contributed by atoms with van der Waals surface area (Å²) in [5, 5.41) is 12.6. The molecule has 0 radical (unpaired) electrons. The molecular weight excluding hydrogens is 962 g/mol. The Balaban J connectivity index is 0.00000800. The Morgan fingerprint density at radius 1 is 0.688 bits per heavy atom. The molecule has 0 spiro atoms. The van der Waals surface area contributed by atoms with Gasteiger partial charge in [0.05, 0.1) is 31.9 Å². The Labute approximate surface area is 410 Å². The van der Waals surface area contributed by atoms with Crippen molar-refractivity contribution in [3.63, 3.8) is 0 Å². The summed E-state index contributed by atoms with van der Waals surface area (Å²) < 4.78 is 88.4.